The highest BCUT2D eigenvalue weighted by molar-refractivity contribution is 6.23. The smallest absolute Gasteiger partial charge is 0.238 e. The number of allylic oxidation sites excluding steroid dienone is 2. The van der Waals surface area contributed by atoms with E-state index < -0.39 is 5.82 Å². The summed E-state index contributed by atoms with van der Waals surface area (Å²) in [5, 5.41) is 0. The third-order valence-corrected chi connectivity index (χ3v) is 7.29. The van der Waals surface area contributed by atoms with Crippen LogP contribution in [0.3, 0.4) is 0 Å². The number of rotatable bonds is 5. The average Bonchev–Trinajstić information content (AvgIpc) is 3.56. The van der Waals surface area contributed by atoms with Crippen LogP contribution in [0.1, 0.15) is 16.8 Å². The molecule has 0 unspecified atom stereocenters. The molecule has 0 radical (unpaired) electrons. The van der Waals surface area contributed by atoms with Gasteiger partial charge in [-0.2, -0.15) is 0 Å². The van der Waals surface area contributed by atoms with Gasteiger partial charge in [0.1, 0.15) is 11.6 Å². The molecule has 2 bridgehead atoms. The number of anilines is 1. The van der Waals surface area contributed by atoms with Crippen LogP contribution in [0.5, 0.6) is 5.75 Å². The van der Waals surface area contributed by atoms with Crippen LogP contribution in [-0.2, 0) is 9.59 Å². The molecule has 1 saturated heterocycles. The van der Waals surface area contributed by atoms with Crippen molar-refractivity contribution in [3.63, 3.8) is 0 Å². The Morgan fingerprint density at radius 2 is 1.55 bits per heavy atom. The normalized spacial score (nSPS) is 32.1. The zero-order valence-corrected chi connectivity index (χ0v) is 16.6. The van der Waals surface area contributed by atoms with E-state index in [0.29, 0.717) is 28.8 Å². The first-order valence-corrected chi connectivity index (χ1v) is 10.6. The molecule has 1 heterocycles. The lowest BCUT2D eigenvalue weighted by molar-refractivity contribution is -0.124. The maximum absolute atomic E-state index is 13.4. The summed E-state index contributed by atoms with van der Waals surface area (Å²) in [7, 11) is 0. The first kappa shape index (κ1) is 18.5. The monoisotopic (exact) mass is 417 g/mol. The van der Waals surface area contributed by atoms with Crippen molar-refractivity contribution >= 4 is 23.3 Å². The topological polar surface area (TPSA) is 63.7 Å². The summed E-state index contributed by atoms with van der Waals surface area (Å²) >= 11 is 0. The molecule has 1 aliphatic heterocycles. The van der Waals surface area contributed by atoms with E-state index in [1.165, 1.54) is 29.2 Å². The van der Waals surface area contributed by atoms with Gasteiger partial charge in [0, 0.05) is 5.56 Å². The number of halogens is 1. The number of hydrogen-bond acceptors (Lipinski definition) is 4. The second-order valence-corrected chi connectivity index (χ2v) is 8.85. The molecule has 2 aromatic carbocycles. The second kappa shape index (κ2) is 6.61. The molecular formula is C25H20FNO4. The van der Waals surface area contributed by atoms with Crippen molar-refractivity contribution in [2.45, 2.75) is 6.42 Å². The Kier molecular flexibility index (Phi) is 3.94. The van der Waals surface area contributed by atoms with Gasteiger partial charge in [0.05, 0.1) is 17.5 Å². The van der Waals surface area contributed by atoms with Gasteiger partial charge in [0.15, 0.2) is 12.4 Å². The molecule has 156 valence electrons. The van der Waals surface area contributed by atoms with Gasteiger partial charge < -0.3 is 4.74 Å². The van der Waals surface area contributed by atoms with Crippen LogP contribution in [0.15, 0.2) is 60.7 Å². The molecule has 7 rings (SSSR count). The van der Waals surface area contributed by atoms with Gasteiger partial charge in [0.25, 0.3) is 0 Å². The predicted octanol–water partition coefficient (Wildman–Crippen LogP) is 3.64. The van der Waals surface area contributed by atoms with Crippen LogP contribution in [0.4, 0.5) is 10.1 Å². The lowest BCUT2D eigenvalue weighted by Crippen LogP contribution is -2.40. The summed E-state index contributed by atoms with van der Waals surface area (Å²) in [6.07, 6.45) is 5.39. The third-order valence-electron chi connectivity index (χ3n) is 7.29. The number of para-hydroxylation sites is 2. The van der Waals surface area contributed by atoms with E-state index in [-0.39, 0.29) is 47.9 Å². The SMILES string of the molecule is O=C(COc1ccccc1N1C(=O)[C@@H]2[C@H]3C=C[C@@H]([C@@H]4C[C@@H]34)[C@@H]2C1=O)c1ccc(F)cc1. The van der Waals surface area contributed by atoms with Crippen molar-refractivity contribution in [2.75, 3.05) is 11.5 Å². The Balaban J connectivity index is 1.26. The van der Waals surface area contributed by atoms with Crippen molar-refractivity contribution in [1.29, 1.82) is 0 Å². The van der Waals surface area contributed by atoms with Crippen LogP contribution in [0, 0.1) is 41.3 Å². The predicted molar refractivity (Wildman–Crippen MR) is 110 cm³/mol. The molecule has 2 amide bonds. The molecule has 2 aromatic rings. The Labute approximate surface area is 178 Å². The van der Waals surface area contributed by atoms with Crippen molar-refractivity contribution in [3.8, 4) is 5.75 Å². The highest BCUT2D eigenvalue weighted by Crippen LogP contribution is 2.65. The van der Waals surface area contributed by atoms with Crippen LogP contribution in [0.2, 0.25) is 0 Å². The zero-order chi connectivity index (χ0) is 21.3. The molecule has 0 aromatic heterocycles. The standard InChI is InChI=1S/C25H20FNO4/c26-14-7-5-13(6-8-14)20(28)12-31-21-4-2-1-3-19(21)27-24(29)22-15-9-10-16(18-11-17(15)18)23(22)25(27)30/h1-10,15-18,22-23H,11-12H2/t15-,16-,17-,18-,22-,23+/m0/s1. The lowest BCUT2D eigenvalue weighted by Gasteiger charge is -2.37. The summed E-state index contributed by atoms with van der Waals surface area (Å²) < 4.78 is 18.8. The molecule has 5 nitrogen and oxygen atoms in total. The molecule has 6 atom stereocenters. The van der Waals surface area contributed by atoms with Crippen LogP contribution < -0.4 is 9.64 Å². The summed E-state index contributed by atoms with van der Waals surface area (Å²) in [5.41, 5.74) is 0.715. The van der Waals surface area contributed by atoms with Crippen molar-refractivity contribution < 1.29 is 23.5 Å². The lowest BCUT2D eigenvalue weighted by atomic mass is 9.63. The number of nitrogens with zero attached hydrogens (tertiary/aromatic N) is 1. The van der Waals surface area contributed by atoms with Gasteiger partial charge in [-0.25, -0.2) is 9.29 Å². The van der Waals surface area contributed by atoms with Gasteiger partial charge in [-0.1, -0.05) is 24.3 Å². The van der Waals surface area contributed by atoms with E-state index in [1.807, 2.05) is 0 Å². The highest BCUT2D eigenvalue weighted by atomic mass is 19.1. The fraction of sp³-hybridized carbons (Fsp3) is 0.320. The quantitative estimate of drug-likeness (QED) is 0.423. The summed E-state index contributed by atoms with van der Waals surface area (Å²) in [5.74, 6) is 0.0244. The van der Waals surface area contributed by atoms with Gasteiger partial charge in [-0.05, 0) is 66.5 Å². The zero-order valence-electron chi connectivity index (χ0n) is 16.6. The molecule has 31 heavy (non-hydrogen) atoms. The number of benzene rings is 2. The van der Waals surface area contributed by atoms with Crippen LogP contribution in [-0.4, -0.2) is 24.2 Å². The number of imide groups is 1. The summed E-state index contributed by atoms with van der Waals surface area (Å²) in [6.45, 7) is -0.275. The van der Waals surface area contributed by atoms with Gasteiger partial charge in [-0.3, -0.25) is 14.4 Å². The number of ketones is 1. The molecule has 6 heteroatoms. The van der Waals surface area contributed by atoms with E-state index in [0.717, 1.165) is 6.42 Å². The molecule has 0 spiro atoms. The Morgan fingerprint density at radius 1 is 0.935 bits per heavy atom. The maximum atomic E-state index is 13.4. The Bertz CT molecular complexity index is 1100. The largest absolute Gasteiger partial charge is 0.483 e. The van der Waals surface area contributed by atoms with Gasteiger partial charge in [-0.15, -0.1) is 0 Å². The first-order chi connectivity index (χ1) is 15.0. The van der Waals surface area contributed by atoms with Crippen LogP contribution >= 0.6 is 0 Å². The van der Waals surface area contributed by atoms with Crippen molar-refractivity contribution in [3.05, 3.63) is 72.1 Å². The van der Waals surface area contributed by atoms with Crippen molar-refractivity contribution in [1.82, 2.24) is 0 Å². The van der Waals surface area contributed by atoms with Crippen molar-refractivity contribution in [2.24, 2.45) is 35.5 Å². The third kappa shape index (κ3) is 2.70. The second-order valence-electron chi connectivity index (χ2n) is 8.85. The molecule has 2 saturated carbocycles. The molecule has 0 N–H and O–H groups in total. The van der Waals surface area contributed by atoms with E-state index in [9.17, 15) is 18.8 Å². The minimum absolute atomic E-state index is 0.148. The Hall–Kier alpha value is -3.28. The highest BCUT2D eigenvalue weighted by Gasteiger charge is 2.67. The van der Waals surface area contributed by atoms with E-state index in [1.54, 1.807) is 24.3 Å². The van der Waals surface area contributed by atoms with E-state index in [4.69, 9.17) is 4.74 Å². The summed E-state index contributed by atoms with van der Waals surface area (Å²) in [6, 6.07) is 12.1. The van der Waals surface area contributed by atoms with E-state index >= 15 is 0 Å². The molecule has 3 fully saturated rings. The number of carbonyl (C=O) groups is 3. The molecule has 5 aliphatic rings. The fourth-order valence-electron chi connectivity index (χ4n) is 5.82. The Morgan fingerprint density at radius 3 is 2.19 bits per heavy atom. The number of ether oxygens (including phenoxy) is 1. The molecular weight excluding hydrogens is 397 g/mol. The fourth-order valence-corrected chi connectivity index (χ4v) is 5.82. The summed E-state index contributed by atoms with van der Waals surface area (Å²) in [4.78, 5) is 40.4. The number of amides is 2. The molecule has 4 aliphatic carbocycles. The average molecular weight is 417 g/mol. The number of hydrogen-bond donors (Lipinski definition) is 0. The number of Topliss-reactive ketones (excluding diaryl/α,β-unsaturated/α-hetero) is 1. The minimum Gasteiger partial charge on any atom is -0.483 e. The maximum Gasteiger partial charge on any atom is 0.238 e. The number of carbonyl (C=O) groups excluding carboxylic acids is 3. The van der Waals surface area contributed by atoms with Gasteiger partial charge in [0.2, 0.25) is 11.8 Å². The minimum atomic E-state index is -0.420. The van der Waals surface area contributed by atoms with Gasteiger partial charge >= 0.3 is 0 Å². The van der Waals surface area contributed by atoms with Crippen LogP contribution in [0.25, 0.3) is 0 Å². The van der Waals surface area contributed by atoms with E-state index in [2.05, 4.69) is 12.2 Å². The first-order valence-electron chi connectivity index (χ1n) is 10.6.